The zero-order valence-electron chi connectivity index (χ0n) is 15.0. The molecule has 27 heavy (non-hydrogen) atoms. The van der Waals surface area contributed by atoms with Gasteiger partial charge in [-0.1, -0.05) is 12.1 Å². The third kappa shape index (κ3) is 4.32. The van der Waals surface area contributed by atoms with Gasteiger partial charge in [-0.05, 0) is 19.1 Å². The summed E-state index contributed by atoms with van der Waals surface area (Å²) in [6.07, 6.45) is 0. The van der Waals surface area contributed by atoms with Gasteiger partial charge >= 0.3 is 5.97 Å². The summed E-state index contributed by atoms with van der Waals surface area (Å²) >= 11 is 0. The van der Waals surface area contributed by atoms with Crippen molar-refractivity contribution in [1.29, 1.82) is 0 Å². The number of ether oxygens (including phenoxy) is 3. The van der Waals surface area contributed by atoms with Crippen LogP contribution in [0.4, 0.5) is 11.4 Å². The highest BCUT2D eigenvalue weighted by molar-refractivity contribution is 6.10. The van der Waals surface area contributed by atoms with E-state index in [0.717, 1.165) is 6.07 Å². The predicted molar refractivity (Wildman–Crippen MR) is 96.6 cm³/mol. The summed E-state index contributed by atoms with van der Waals surface area (Å²) in [5.41, 5.74) is -0.393. The Morgan fingerprint density at radius 1 is 1.07 bits per heavy atom. The van der Waals surface area contributed by atoms with Gasteiger partial charge in [-0.3, -0.25) is 14.9 Å². The first kappa shape index (κ1) is 19.7. The molecule has 0 heterocycles. The predicted octanol–water partition coefficient (Wildman–Crippen LogP) is 3.04. The number of hydrogen-bond acceptors (Lipinski definition) is 7. The molecule has 2 rings (SSSR count). The summed E-state index contributed by atoms with van der Waals surface area (Å²) in [4.78, 5) is 35.4. The minimum absolute atomic E-state index is 0.118. The number of benzene rings is 2. The lowest BCUT2D eigenvalue weighted by Gasteiger charge is -2.12. The highest BCUT2D eigenvalue weighted by Crippen LogP contribution is 2.35. The van der Waals surface area contributed by atoms with E-state index in [1.807, 2.05) is 0 Å². The maximum absolute atomic E-state index is 12.7. The summed E-state index contributed by atoms with van der Waals surface area (Å²) in [5.74, 6) is -1.12. The summed E-state index contributed by atoms with van der Waals surface area (Å²) in [6, 6.07) is 8.51. The lowest BCUT2D eigenvalue weighted by Crippen LogP contribution is -2.17. The molecule has 1 N–H and O–H groups in total. The average molecular weight is 374 g/mol. The van der Waals surface area contributed by atoms with E-state index in [9.17, 15) is 19.7 Å². The zero-order chi connectivity index (χ0) is 20.0. The fraction of sp³-hybridized carbons (Fsp3) is 0.222. The molecule has 0 bridgehead atoms. The Morgan fingerprint density at radius 2 is 1.70 bits per heavy atom. The number of carbonyl (C=O) groups excluding carboxylic acids is 2. The van der Waals surface area contributed by atoms with Crippen LogP contribution >= 0.6 is 0 Å². The quantitative estimate of drug-likeness (QED) is 0.450. The van der Waals surface area contributed by atoms with Crippen LogP contribution < -0.4 is 14.8 Å². The van der Waals surface area contributed by atoms with Gasteiger partial charge in [0.15, 0.2) is 11.5 Å². The maximum Gasteiger partial charge on any atom is 0.340 e. The molecule has 0 aliphatic carbocycles. The first-order valence-electron chi connectivity index (χ1n) is 7.90. The molecule has 2 aromatic carbocycles. The lowest BCUT2D eigenvalue weighted by atomic mass is 10.1. The first-order valence-corrected chi connectivity index (χ1v) is 7.90. The monoisotopic (exact) mass is 374 g/mol. The number of amides is 1. The van der Waals surface area contributed by atoms with Crippen LogP contribution in [0.3, 0.4) is 0 Å². The highest BCUT2D eigenvalue weighted by atomic mass is 16.6. The van der Waals surface area contributed by atoms with E-state index < -0.39 is 22.5 Å². The fourth-order valence-corrected chi connectivity index (χ4v) is 2.37. The Hall–Kier alpha value is -3.62. The van der Waals surface area contributed by atoms with Gasteiger partial charge < -0.3 is 19.5 Å². The van der Waals surface area contributed by atoms with Gasteiger partial charge in [0.2, 0.25) is 0 Å². The molecule has 0 saturated carbocycles. The number of hydrogen-bond donors (Lipinski definition) is 1. The van der Waals surface area contributed by atoms with E-state index in [1.54, 1.807) is 19.1 Å². The zero-order valence-corrected chi connectivity index (χ0v) is 15.0. The van der Waals surface area contributed by atoms with Crippen molar-refractivity contribution >= 4 is 23.3 Å². The second-order valence-corrected chi connectivity index (χ2v) is 5.20. The molecule has 142 valence electrons. The Labute approximate surface area is 155 Å². The van der Waals surface area contributed by atoms with Crippen molar-refractivity contribution < 1.29 is 28.7 Å². The molecule has 1 amide bonds. The number of nitro groups is 1. The number of esters is 1. The Bertz CT molecular complexity index is 880. The standard InChI is InChI=1S/C18H18N2O7/c1-4-27-18(22)11-7-5-6-8-13(11)19-17(21)12-9-15(25-2)16(26-3)10-14(12)20(23)24/h5-10H,4H2,1-3H3,(H,19,21). The number of nitrogens with one attached hydrogen (secondary N) is 1. The molecule has 0 atom stereocenters. The largest absolute Gasteiger partial charge is 0.493 e. The van der Waals surface area contributed by atoms with E-state index >= 15 is 0 Å². The Kier molecular flexibility index (Phi) is 6.32. The van der Waals surface area contributed by atoms with Crippen LogP contribution in [0.1, 0.15) is 27.6 Å². The smallest absolute Gasteiger partial charge is 0.340 e. The molecule has 2 aromatic rings. The molecule has 0 aromatic heterocycles. The van der Waals surface area contributed by atoms with Gasteiger partial charge in [0.05, 0.1) is 43.1 Å². The lowest BCUT2D eigenvalue weighted by molar-refractivity contribution is -0.385. The third-order valence-corrected chi connectivity index (χ3v) is 3.61. The van der Waals surface area contributed by atoms with Gasteiger partial charge in [0.1, 0.15) is 5.56 Å². The SMILES string of the molecule is CCOC(=O)c1ccccc1NC(=O)c1cc(OC)c(OC)cc1[N+](=O)[O-]. The highest BCUT2D eigenvalue weighted by Gasteiger charge is 2.25. The van der Waals surface area contributed by atoms with Crippen LogP contribution in [-0.2, 0) is 4.74 Å². The minimum atomic E-state index is -0.778. The minimum Gasteiger partial charge on any atom is -0.493 e. The van der Waals surface area contributed by atoms with Gasteiger partial charge in [-0.2, -0.15) is 0 Å². The maximum atomic E-state index is 12.7. The van der Waals surface area contributed by atoms with Gasteiger partial charge in [-0.25, -0.2) is 4.79 Å². The number of nitro benzene ring substituents is 1. The molecule has 0 saturated heterocycles. The number of methoxy groups -OCH3 is 2. The van der Waals surface area contributed by atoms with Crippen molar-refractivity contribution in [2.75, 3.05) is 26.1 Å². The van der Waals surface area contributed by atoms with Crippen LogP contribution in [0.15, 0.2) is 36.4 Å². The van der Waals surface area contributed by atoms with Gasteiger partial charge in [0, 0.05) is 6.07 Å². The molecule has 0 unspecified atom stereocenters. The molecular formula is C18H18N2O7. The van der Waals surface area contributed by atoms with E-state index in [1.165, 1.54) is 32.4 Å². The topological polar surface area (TPSA) is 117 Å². The second kappa shape index (κ2) is 8.65. The number of nitrogens with zero attached hydrogens (tertiary/aromatic N) is 1. The van der Waals surface area contributed by atoms with Crippen molar-refractivity contribution in [3.63, 3.8) is 0 Å². The summed E-state index contributed by atoms with van der Waals surface area (Å²) in [6.45, 7) is 1.83. The van der Waals surface area contributed by atoms with E-state index in [2.05, 4.69) is 5.32 Å². The second-order valence-electron chi connectivity index (χ2n) is 5.20. The van der Waals surface area contributed by atoms with Crippen molar-refractivity contribution in [2.24, 2.45) is 0 Å². The molecule has 9 nitrogen and oxygen atoms in total. The van der Waals surface area contributed by atoms with Crippen molar-refractivity contribution in [3.8, 4) is 11.5 Å². The molecule has 9 heteroatoms. The molecular weight excluding hydrogens is 356 g/mol. The van der Waals surface area contributed by atoms with Crippen molar-refractivity contribution in [3.05, 3.63) is 57.6 Å². The van der Waals surface area contributed by atoms with Gasteiger partial charge in [0.25, 0.3) is 11.6 Å². The van der Waals surface area contributed by atoms with Crippen LogP contribution in [-0.4, -0.2) is 37.6 Å². The number of rotatable bonds is 7. The molecule has 0 fully saturated rings. The summed E-state index contributed by atoms with van der Waals surface area (Å²) < 4.78 is 15.1. The van der Waals surface area contributed by atoms with Crippen LogP contribution in [0.5, 0.6) is 11.5 Å². The van der Waals surface area contributed by atoms with E-state index in [4.69, 9.17) is 14.2 Å². The summed E-state index contributed by atoms with van der Waals surface area (Å²) in [7, 11) is 2.68. The van der Waals surface area contributed by atoms with Crippen LogP contribution in [0.2, 0.25) is 0 Å². The van der Waals surface area contributed by atoms with Crippen LogP contribution in [0, 0.1) is 10.1 Å². The fourth-order valence-electron chi connectivity index (χ4n) is 2.37. The van der Waals surface area contributed by atoms with Crippen molar-refractivity contribution in [1.82, 2.24) is 0 Å². The Balaban J connectivity index is 2.45. The molecule has 0 aliphatic rings. The van der Waals surface area contributed by atoms with Crippen LogP contribution in [0.25, 0.3) is 0 Å². The number of carbonyl (C=O) groups is 2. The third-order valence-electron chi connectivity index (χ3n) is 3.61. The van der Waals surface area contributed by atoms with E-state index in [0.29, 0.717) is 0 Å². The normalized spacial score (nSPS) is 10.0. The number of para-hydroxylation sites is 1. The average Bonchev–Trinajstić information content (AvgIpc) is 2.67. The first-order chi connectivity index (χ1) is 12.9. The Morgan fingerprint density at radius 3 is 2.30 bits per heavy atom. The number of anilines is 1. The van der Waals surface area contributed by atoms with E-state index in [-0.39, 0.29) is 34.9 Å². The molecule has 0 aliphatic heterocycles. The summed E-state index contributed by atoms with van der Waals surface area (Å²) in [5, 5.41) is 13.9. The van der Waals surface area contributed by atoms with Crippen molar-refractivity contribution in [2.45, 2.75) is 6.92 Å². The van der Waals surface area contributed by atoms with Gasteiger partial charge in [-0.15, -0.1) is 0 Å². The molecule has 0 spiro atoms. The molecule has 0 radical (unpaired) electrons.